The number of aliphatic carboxylic acids is 1. The smallest absolute Gasteiger partial charge is 0.326 e. The van der Waals surface area contributed by atoms with Gasteiger partial charge >= 0.3 is 5.97 Å². The Labute approximate surface area is 147 Å². The number of hydrogen-bond acceptors (Lipinski definition) is 5. The lowest BCUT2D eigenvalue weighted by molar-refractivity contribution is -0.142. The van der Waals surface area contributed by atoms with Crippen LogP contribution in [-0.2, 0) is 19.2 Å². The van der Waals surface area contributed by atoms with Crippen LogP contribution in [0, 0.1) is 5.92 Å². The van der Waals surface area contributed by atoms with Gasteiger partial charge in [-0.25, -0.2) is 4.79 Å². The summed E-state index contributed by atoms with van der Waals surface area (Å²) >= 11 is 0. The molecule has 1 fully saturated rings. The number of carbonyl (C=O) groups is 4. The molecule has 0 radical (unpaired) electrons. The van der Waals surface area contributed by atoms with Crippen LogP contribution in [0.15, 0.2) is 0 Å². The summed E-state index contributed by atoms with van der Waals surface area (Å²) in [6, 6.07) is -2.43. The van der Waals surface area contributed by atoms with E-state index in [2.05, 4.69) is 16.0 Å². The lowest BCUT2D eigenvalue weighted by atomic mass is 10.0. The summed E-state index contributed by atoms with van der Waals surface area (Å²) in [5, 5.41) is 17.3. The van der Waals surface area contributed by atoms with Gasteiger partial charge in [0.05, 0.1) is 6.04 Å². The van der Waals surface area contributed by atoms with E-state index in [1.165, 1.54) is 0 Å². The molecule has 0 spiro atoms. The zero-order valence-electron chi connectivity index (χ0n) is 14.7. The Kier molecular flexibility index (Phi) is 8.33. The van der Waals surface area contributed by atoms with Gasteiger partial charge in [-0.1, -0.05) is 13.8 Å². The summed E-state index contributed by atoms with van der Waals surface area (Å²) in [5.41, 5.74) is 5.12. The highest BCUT2D eigenvalue weighted by Crippen LogP contribution is 2.08. The van der Waals surface area contributed by atoms with Gasteiger partial charge in [-0.2, -0.15) is 0 Å². The third kappa shape index (κ3) is 7.51. The third-order valence-corrected chi connectivity index (χ3v) is 4.01. The van der Waals surface area contributed by atoms with Gasteiger partial charge in [0.2, 0.25) is 17.7 Å². The maximum atomic E-state index is 12.4. The molecule has 25 heavy (non-hydrogen) atoms. The lowest BCUT2D eigenvalue weighted by Gasteiger charge is -2.23. The maximum absolute atomic E-state index is 12.4. The normalized spacial score (nSPS) is 19.2. The summed E-state index contributed by atoms with van der Waals surface area (Å²) in [4.78, 5) is 47.0. The van der Waals surface area contributed by atoms with E-state index in [0.29, 0.717) is 6.42 Å². The van der Waals surface area contributed by atoms with Gasteiger partial charge < -0.3 is 26.8 Å². The fourth-order valence-corrected chi connectivity index (χ4v) is 2.70. The molecule has 1 saturated heterocycles. The van der Waals surface area contributed by atoms with Crippen LogP contribution >= 0.6 is 0 Å². The highest BCUT2D eigenvalue weighted by atomic mass is 16.4. The Balaban J connectivity index is 2.74. The van der Waals surface area contributed by atoms with Crippen molar-refractivity contribution in [3.05, 3.63) is 0 Å². The predicted octanol–water partition coefficient (Wildman–Crippen LogP) is -0.896. The fourth-order valence-electron chi connectivity index (χ4n) is 2.70. The Morgan fingerprint density at radius 2 is 1.88 bits per heavy atom. The summed E-state index contributed by atoms with van der Waals surface area (Å²) in [7, 11) is 0. The molecule has 0 aromatic rings. The minimum absolute atomic E-state index is 0.0215. The van der Waals surface area contributed by atoms with Gasteiger partial charge in [-0.3, -0.25) is 14.4 Å². The molecular formula is C16H28N4O5. The van der Waals surface area contributed by atoms with Crippen molar-refractivity contribution in [3.63, 3.8) is 0 Å². The van der Waals surface area contributed by atoms with Gasteiger partial charge in [-0.05, 0) is 38.1 Å². The molecule has 3 unspecified atom stereocenters. The molecule has 0 aliphatic carbocycles. The SMILES string of the molecule is CC(C)CC(NC(=O)C(CCC(N)=O)NC(=O)C1CCCN1)C(=O)O. The fraction of sp³-hybridized carbons (Fsp3) is 0.750. The van der Waals surface area contributed by atoms with E-state index in [4.69, 9.17) is 5.73 Å². The number of hydrogen-bond donors (Lipinski definition) is 5. The molecule has 1 aliphatic rings. The summed E-state index contributed by atoms with van der Waals surface area (Å²) in [5.74, 6) is -2.62. The Morgan fingerprint density at radius 3 is 2.36 bits per heavy atom. The number of carboxylic acid groups (broad SMARTS) is 1. The van der Waals surface area contributed by atoms with Crippen molar-refractivity contribution < 1.29 is 24.3 Å². The van der Waals surface area contributed by atoms with Crippen LogP contribution in [0.25, 0.3) is 0 Å². The molecule has 1 heterocycles. The highest BCUT2D eigenvalue weighted by Gasteiger charge is 2.30. The molecule has 0 aromatic heterocycles. The quantitative estimate of drug-likeness (QED) is 0.342. The number of primary amides is 1. The number of carbonyl (C=O) groups excluding carboxylic acids is 3. The summed E-state index contributed by atoms with van der Waals surface area (Å²) < 4.78 is 0. The summed E-state index contributed by atoms with van der Waals surface area (Å²) in [6.07, 6.45) is 1.74. The number of carboxylic acids is 1. The van der Waals surface area contributed by atoms with Crippen LogP contribution in [0.3, 0.4) is 0 Å². The first-order chi connectivity index (χ1) is 11.7. The van der Waals surface area contributed by atoms with Gasteiger partial charge in [0.25, 0.3) is 0 Å². The predicted molar refractivity (Wildman–Crippen MR) is 90.4 cm³/mol. The molecule has 142 valence electrons. The van der Waals surface area contributed by atoms with Crippen molar-refractivity contribution >= 4 is 23.7 Å². The zero-order chi connectivity index (χ0) is 19.0. The van der Waals surface area contributed by atoms with Crippen LogP contribution in [0.4, 0.5) is 0 Å². The first-order valence-corrected chi connectivity index (χ1v) is 8.56. The topological polar surface area (TPSA) is 151 Å². The van der Waals surface area contributed by atoms with E-state index in [-0.39, 0.29) is 37.1 Å². The Morgan fingerprint density at radius 1 is 1.20 bits per heavy atom. The number of rotatable bonds is 10. The molecule has 0 aromatic carbocycles. The van der Waals surface area contributed by atoms with Crippen LogP contribution < -0.4 is 21.7 Å². The molecule has 1 aliphatic heterocycles. The van der Waals surface area contributed by atoms with E-state index in [1.54, 1.807) is 0 Å². The number of nitrogens with two attached hydrogens (primary N) is 1. The van der Waals surface area contributed by atoms with Gasteiger partial charge in [0.1, 0.15) is 12.1 Å². The molecule has 6 N–H and O–H groups in total. The Bertz CT molecular complexity index is 503. The van der Waals surface area contributed by atoms with E-state index in [0.717, 1.165) is 13.0 Å². The van der Waals surface area contributed by atoms with Gasteiger partial charge in [-0.15, -0.1) is 0 Å². The van der Waals surface area contributed by atoms with Crippen molar-refractivity contribution in [1.82, 2.24) is 16.0 Å². The minimum atomic E-state index is -1.14. The second-order valence-electron chi connectivity index (χ2n) is 6.74. The highest BCUT2D eigenvalue weighted by molar-refractivity contribution is 5.92. The molecule has 9 nitrogen and oxygen atoms in total. The molecule has 1 rings (SSSR count). The van der Waals surface area contributed by atoms with Crippen molar-refractivity contribution in [3.8, 4) is 0 Å². The van der Waals surface area contributed by atoms with Crippen LogP contribution in [0.1, 0.15) is 46.0 Å². The van der Waals surface area contributed by atoms with Crippen molar-refractivity contribution in [2.75, 3.05) is 6.54 Å². The van der Waals surface area contributed by atoms with Gasteiger partial charge in [0.15, 0.2) is 0 Å². The standard InChI is InChI=1S/C16H28N4O5/c1-9(2)8-12(16(24)25)20-15(23)11(5-6-13(17)21)19-14(22)10-4-3-7-18-10/h9-12,18H,3-8H2,1-2H3,(H2,17,21)(H,19,22)(H,20,23)(H,24,25). The van der Waals surface area contributed by atoms with Gasteiger partial charge in [0, 0.05) is 6.42 Å². The van der Waals surface area contributed by atoms with Crippen molar-refractivity contribution in [2.24, 2.45) is 11.7 Å². The van der Waals surface area contributed by atoms with Crippen molar-refractivity contribution in [2.45, 2.75) is 64.1 Å². The average Bonchev–Trinajstić information content (AvgIpc) is 3.04. The molecule has 3 atom stereocenters. The molecule has 3 amide bonds. The lowest BCUT2D eigenvalue weighted by Crippen LogP contribution is -2.54. The molecule has 0 bridgehead atoms. The van der Waals surface area contributed by atoms with Crippen molar-refractivity contribution in [1.29, 1.82) is 0 Å². The third-order valence-electron chi connectivity index (χ3n) is 4.01. The largest absolute Gasteiger partial charge is 0.480 e. The monoisotopic (exact) mass is 356 g/mol. The second-order valence-corrected chi connectivity index (χ2v) is 6.74. The number of amides is 3. The zero-order valence-corrected chi connectivity index (χ0v) is 14.7. The van der Waals surface area contributed by atoms with E-state index < -0.39 is 29.9 Å². The maximum Gasteiger partial charge on any atom is 0.326 e. The molecule has 9 heteroatoms. The van der Waals surface area contributed by atoms with E-state index in [9.17, 15) is 24.3 Å². The first-order valence-electron chi connectivity index (χ1n) is 8.56. The molecule has 0 saturated carbocycles. The second kappa shape index (κ2) is 9.97. The van der Waals surface area contributed by atoms with E-state index >= 15 is 0 Å². The first kappa shape index (κ1) is 20.9. The van der Waals surface area contributed by atoms with Crippen LogP contribution in [-0.4, -0.2) is 53.5 Å². The Hall–Kier alpha value is -2.16. The van der Waals surface area contributed by atoms with Crippen LogP contribution in [0.5, 0.6) is 0 Å². The minimum Gasteiger partial charge on any atom is -0.480 e. The number of nitrogens with one attached hydrogen (secondary N) is 3. The average molecular weight is 356 g/mol. The van der Waals surface area contributed by atoms with E-state index in [1.807, 2.05) is 13.8 Å². The van der Waals surface area contributed by atoms with Crippen LogP contribution in [0.2, 0.25) is 0 Å². The molecular weight excluding hydrogens is 328 g/mol. The summed E-state index contributed by atoms with van der Waals surface area (Å²) in [6.45, 7) is 4.42.